The van der Waals surface area contributed by atoms with E-state index in [-0.39, 0.29) is 11.4 Å². The molecule has 0 aliphatic heterocycles. The lowest BCUT2D eigenvalue weighted by atomic mass is 10.3. The molecular formula is C12H18N4O3S. The Morgan fingerprint density at radius 2 is 2.25 bits per heavy atom. The smallest absolute Gasteiger partial charge is 0.242 e. The van der Waals surface area contributed by atoms with Gasteiger partial charge in [0.1, 0.15) is 10.5 Å². The number of hydrogen-bond donors (Lipinski definition) is 4. The van der Waals surface area contributed by atoms with Crippen LogP contribution in [0.15, 0.2) is 29.4 Å². The molecule has 4 N–H and O–H groups in total. The molecule has 2 aromatic heterocycles. The van der Waals surface area contributed by atoms with Gasteiger partial charge in [0, 0.05) is 37.4 Å². The number of aliphatic hydroxyl groups excluding tert-OH is 1. The van der Waals surface area contributed by atoms with Crippen molar-refractivity contribution in [1.82, 2.24) is 20.0 Å². The molecule has 2 rings (SSSR count). The first kappa shape index (κ1) is 14.9. The summed E-state index contributed by atoms with van der Waals surface area (Å²) < 4.78 is 26.8. The number of hydrogen-bond acceptors (Lipinski definition) is 5. The number of rotatable bonds is 7. The van der Waals surface area contributed by atoms with Crippen LogP contribution in [0.3, 0.4) is 0 Å². The summed E-state index contributed by atoms with van der Waals surface area (Å²) in [6.07, 6.45) is 2.58. The summed E-state index contributed by atoms with van der Waals surface area (Å²) in [6.45, 7) is 2.79. The second-order valence-electron chi connectivity index (χ2n) is 4.50. The molecule has 2 heterocycles. The van der Waals surface area contributed by atoms with Gasteiger partial charge < -0.3 is 15.4 Å². The van der Waals surface area contributed by atoms with E-state index in [9.17, 15) is 8.42 Å². The number of aliphatic hydroxyl groups is 1. The Balaban J connectivity index is 2.00. The highest BCUT2D eigenvalue weighted by molar-refractivity contribution is 7.89. The van der Waals surface area contributed by atoms with Crippen LogP contribution >= 0.6 is 0 Å². The highest BCUT2D eigenvalue weighted by Crippen LogP contribution is 2.20. The van der Waals surface area contributed by atoms with Crippen molar-refractivity contribution in [2.45, 2.75) is 17.9 Å². The molecule has 110 valence electrons. The Hall–Kier alpha value is -1.48. The second kappa shape index (κ2) is 6.31. The molecule has 1 unspecified atom stereocenters. The minimum Gasteiger partial charge on any atom is -0.392 e. The Morgan fingerprint density at radius 1 is 1.45 bits per heavy atom. The predicted octanol–water partition coefficient (Wildman–Crippen LogP) is -0.188. The van der Waals surface area contributed by atoms with Crippen molar-refractivity contribution < 1.29 is 13.5 Å². The monoisotopic (exact) mass is 298 g/mol. The molecule has 0 saturated carbocycles. The predicted molar refractivity (Wildman–Crippen MR) is 75.8 cm³/mol. The highest BCUT2D eigenvalue weighted by atomic mass is 32.2. The van der Waals surface area contributed by atoms with Crippen molar-refractivity contribution in [3.8, 4) is 0 Å². The second-order valence-corrected chi connectivity index (χ2v) is 6.24. The van der Waals surface area contributed by atoms with Crippen LogP contribution in [0.5, 0.6) is 0 Å². The van der Waals surface area contributed by atoms with E-state index in [0.29, 0.717) is 24.1 Å². The van der Waals surface area contributed by atoms with Crippen molar-refractivity contribution in [3.05, 3.63) is 24.5 Å². The van der Waals surface area contributed by atoms with Gasteiger partial charge in [0.25, 0.3) is 0 Å². The Morgan fingerprint density at radius 3 is 3.00 bits per heavy atom. The zero-order valence-corrected chi connectivity index (χ0v) is 11.9. The summed E-state index contributed by atoms with van der Waals surface area (Å²) in [5.41, 5.74) is 0.542. The molecule has 7 nitrogen and oxygen atoms in total. The summed E-state index contributed by atoms with van der Waals surface area (Å²) in [7, 11) is -3.57. The van der Waals surface area contributed by atoms with Gasteiger partial charge in [-0.1, -0.05) is 0 Å². The molecule has 0 spiro atoms. The van der Waals surface area contributed by atoms with E-state index in [4.69, 9.17) is 5.11 Å². The van der Waals surface area contributed by atoms with E-state index < -0.39 is 16.1 Å². The van der Waals surface area contributed by atoms with Crippen LogP contribution in [0, 0.1) is 0 Å². The summed E-state index contributed by atoms with van der Waals surface area (Å²) in [6, 6.07) is 3.40. The van der Waals surface area contributed by atoms with Crippen molar-refractivity contribution in [2.24, 2.45) is 0 Å². The summed E-state index contributed by atoms with van der Waals surface area (Å²) in [5.74, 6) is 0. The lowest BCUT2D eigenvalue weighted by Gasteiger charge is -2.08. The maximum atomic E-state index is 12.2. The van der Waals surface area contributed by atoms with Gasteiger partial charge in [-0.15, -0.1) is 0 Å². The summed E-state index contributed by atoms with van der Waals surface area (Å²) in [5, 5.41) is 12.6. The molecule has 0 aromatic carbocycles. The summed E-state index contributed by atoms with van der Waals surface area (Å²) in [4.78, 5) is 7.08. The highest BCUT2D eigenvalue weighted by Gasteiger charge is 2.18. The third kappa shape index (κ3) is 3.54. The maximum absolute atomic E-state index is 12.2. The average molecular weight is 298 g/mol. The number of fused-ring (bicyclic) bond motifs is 1. The van der Waals surface area contributed by atoms with Crippen molar-refractivity contribution >= 4 is 21.1 Å². The normalized spacial score (nSPS) is 13.7. The third-order valence-corrected chi connectivity index (χ3v) is 4.24. The van der Waals surface area contributed by atoms with E-state index in [1.54, 1.807) is 25.3 Å². The largest absolute Gasteiger partial charge is 0.392 e. The standard InChI is InChI=1S/C12H18N4O3S/c1-9(17)7-13-5-6-16-20(18,19)11-8-15-12-10(11)3-2-4-14-12/h2-4,8-9,13,16-17H,5-7H2,1H3,(H,14,15). The zero-order chi connectivity index (χ0) is 14.6. The SMILES string of the molecule is CC(O)CNCCNS(=O)(=O)c1c[nH]c2ncccc12. The third-order valence-electron chi connectivity index (χ3n) is 2.74. The molecule has 2 aromatic rings. The number of nitrogens with zero attached hydrogens (tertiary/aromatic N) is 1. The average Bonchev–Trinajstić information content (AvgIpc) is 2.82. The lowest BCUT2D eigenvalue weighted by molar-refractivity contribution is 0.192. The van der Waals surface area contributed by atoms with E-state index in [2.05, 4.69) is 20.0 Å². The van der Waals surface area contributed by atoms with Crippen LogP contribution in [-0.2, 0) is 10.0 Å². The van der Waals surface area contributed by atoms with Gasteiger partial charge in [-0.05, 0) is 19.1 Å². The van der Waals surface area contributed by atoms with Gasteiger partial charge in [0.2, 0.25) is 10.0 Å². The van der Waals surface area contributed by atoms with Crippen LogP contribution in [0.2, 0.25) is 0 Å². The minimum absolute atomic E-state index is 0.191. The fourth-order valence-electron chi connectivity index (χ4n) is 1.82. The molecule has 20 heavy (non-hydrogen) atoms. The zero-order valence-electron chi connectivity index (χ0n) is 11.1. The van der Waals surface area contributed by atoms with Crippen molar-refractivity contribution in [1.29, 1.82) is 0 Å². The van der Waals surface area contributed by atoms with Crippen LogP contribution < -0.4 is 10.0 Å². The molecule has 0 radical (unpaired) electrons. The molecule has 0 aliphatic rings. The number of aromatic nitrogens is 2. The summed E-state index contributed by atoms with van der Waals surface area (Å²) >= 11 is 0. The first-order chi connectivity index (χ1) is 9.50. The molecule has 8 heteroatoms. The van der Waals surface area contributed by atoms with Crippen molar-refractivity contribution in [3.63, 3.8) is 0 Å². The molecular weight excluding hydrogens is 280 g/mol. The lowest BCUT2D eigenvalue weighted by Crippen LogP contribution is -2.34. The maximum Gasteiger partial charge on any atom is 0.242 e. The number of aromatic amines is 1. The molecule has 0 saturated heterocycles. The number of nitrogens with one attached hydrogen (secondary N) is 3. The van der Waals surface area contributed by atoms with E-state index >= 15 is 0 Å². The van der Waals surface area contributed by atoms with Gasteiger partial charge in [0.05, 0.1) is 6.10 Å². The molecule has 0 aliphatic carbocycles. The topological polar surface area (TPSA) is 107 Å². The molecule has 0 fully saturated rings. The minimum atomic E-state index is -3.57. The number of sulfonamides is 1. The van der Waals surface area contributed by atoms with E-state index in [1.165, 1.54) is 6.20 Å². The van der Waals surface area contributed by atoms with E-state index in [0.717, 1.165) is 0 Å². The quantitative estimate of drug-likeness (QED) is 0.530. The number of H-pyrrole nitrogens is 1. The van der Waals surface area contributed by atoms with Gasteiger partial charge >= 0.3 is 0 Å². The first-order valence-electron chi connectivity index (χ1n) is 6.31. The molecule has 0 amide bonds. The van der Waals surface area contributed by atoms with Gasteiger partial charge in [-0.3, -0.25) is 0 Å². The first-order valence-corrected chi connectivity index (χ1v) is 7.79. The van der Waals surface area contributed by atoms with Crippen LogP contribution in [0.25, 0.3) is 11.0 Å². The van der Waals surface area contributed by atoms with Gasteiger partial charge in [0.15, 0.2) is 0 Å². The Bertz CT molecular complexity index is 666. The van der Waals surface area contributed by atoms with Gasteiger partial charge in [-0.25, -0.2) is 18.1 Å². The van der Waals surface area contributed by atoms with Gasteiger partial charge in [-0.2, -0.15) is 0 Å². The fourth-order valence-corrected chi connectivity index (χ4v) is 3.01. The van der Waals surface area contributed by atoms with Crippen LogP contribution in [0.4, 0.5) is 0 Å². The molecule has 0 bridgehead atoms. The van der Waals surface area contributed by atoms with Crippen LogP contribution in [-0.4, -0.2) is 49.2 Å². The molecule has 1 atom stereocenters. The number of pyridine rings is 1. The Labute approximate surface area is 117 Å². The van der Waals surface area contributed by atoms with Crippen LogP contribution in [0.1, 0.15) is 6.92 Å². The van der Waals surface area contributed by atoms with E-state index in [1.807, 2.05) is 0 Å². The fraction of sp³-hybridized carbons (Fsp3) is 0.417. The van der Waals surface area contributed by atoms with Crippen molar-refractivity contribution in [2.75, 3.05) is 19.6 Å². The Kier molecular flexibility index (Phi) is 4.71.